The number of fused-ring (bicyclic) bond motifs is 1. The zero-order valence-corrected chi connectivity index (χ0v) is 25.8. The lowest BCUT2D eigenvalue weighted by molar-refractivity contribution is 0.0862. The first kappa shape index (κ1) is 30.5. The van der Waals surface area contributed by atoms with Crippen molar-refractivity contribution in [1.29, 1.82) is 0 Å². The third-order valence-electron chi connectivity index (χ3n) is 11.5. The molecule has 0 saturated heterocycles. The standard InChI is InChI=1S/C38H54O3/c1-5-6-7-9-28-12-16-31(17-13-28)38(22-23-38)36(41)20-11-26(2)33-18-19-34-29(10-8-21-37(33,34)4)14-15-30-24-32(39)25-35(40)27(30)3/h11-17,20,26,32-36,39-41H,3,5-10,18-19,21-25H2,1-2,4H3/b20-11+,29-14+,30-15-/t26-,32-,33-,34+,35+,36-,37-/m1/s1. The summed E-state index contributed by atoms with van der Waals surface area (Å²) in [5.74, 6) is 1.62. The van der Waals surface area contributed by atoms with Gasteiger partial charge in [0.1, 0.15) is 0 Å². The van der Waals surface area contributed by atoms with Crippen LogP contribution in [0.25, 0.3) is 0 Å². The van der Waals surface area contributed by atoms with Crippen molar-refractivity contribution < 1.29 is 15.3 Å². The van der Waals surface area contributed by atoms with Gasteiger partial charge in [0.05, 0.1) is 18.3 Å². The molecular formula is C38H54O3. The quantitative estimate of drug-likeness (QED) is 0.201. The van der Waals surface area contributed by atoms with Gasteiger partial charge >= 0.3 is 0 Å². The van der Waals surface area contributed by atoms with Crippen molar-refractivity contribution in [2.24, 2.45) is 23.2 Å². The van der Waals surface area contributed by atoms with E-state index in [2.05, 4.69) is 75.9 Å². The molecule has 0 amide bonds. The summed E-state index contributed by atoms with van der Waals surface area (Å²) >= 11 is 0. The van der Waals surface area contributed by atoms with Gasteiger partial charge in [-0.25, -0.2) is 0 Å². The number of aryl methyl sites for hydroxylation is 1. The first-order valence-electron chi connectivity index (χ1n) is 16.6. The van der Waals surface area contributed by atoms with Crippen LogP contribution in [0.1, 0.15) is 109 Å². The summed E-state index contributed by atoms with van der Waals surface area (Å²) in [6.45, 7) is 11.2. The third kappa shape index (κ3) is 6.38. The van der Waals surface area contributed by atoms with E-state index in [0.717, 1.165) is 36.8 Å². The summed E-state index contributed by atoms with van der Waals surface area (Å²) in [6.07, 6.45) is 21.4. The number of allylic oxidation sites excluding steroid dienone is 4. The van der Waals surface area contributed by atoms with E-state index in [1.165, 1.54) is 61.6 Å². The molecule has 7 atom stereocenters. The van der Waals surface area contributed by atoms with Gasteiger partial charge in [0.15, 0.2) is 0 Å². The lowest BCUT2D eigenvalue weighted by Crippen LogP contribution is -2.35. The Labute approximate surface area is 249 Å². The summed E-state index contributed by atoms with van der Waals surface area (Å²) in [4.78, 5) is 0. The van der Waals surface area contributed by atoms with Crippen LogP contribution in [0.4, 0.5) is 0 Å². The minimum Gasteiger partial charge on any atom is -0.393 e. The zero-order valence-electron chi connectivity index (χ0n) is 25.8. The second-order valence-corrected chi connectivity index (χ2v) is 14.2. The summed E-state index contributed by atoms with van der Waals surface area (Å²) in [5, 5.41) is 31.8. The Morgan fingerprint density at radius 1 is 1.02 bits per heavy atom. The molecule has 1 aromatic rings. The minimum absolute atomic E-state index is 0.0984. The van der Waals surface area contributed by atoms with Gasteiger partial charge in [-0.15, -0.1) is 0 Å². The molecule has 3 nitrogen and oxygen atoms in total. The number of rotatable bonds is 10. The molecule has 0 spiro atoms. The average molecular weight is 559 g/mol. The van der Waals surface area contributed by atoms with E-state index in [-0.39, 0.29) is 10.8 Å². The topological polar surface area (TPSA) is 60.7 Å². The monoisotopic (exact) mass is 558 g/mol. The lowest BCUT2D eigenvalue weighted by atomic mass is 9.61. The van der Waals surface area contributed by atoms with E-state index >= 15 is 0 Å². The van der Waals surface area contributed by atoms with Crippen LogP contribution in [-0.2, 0) is 11.8 Å². The second-order valence-electron chi connectivity index (χ2n) is 14.2. The van der Waals surface area contributed by atoms with Crippen molar-refractivity contribution in [3.63, 3.8) is 0 Å². The van der Waals surface area contributed by atoms with Gasteiger partial charge in [-0.05, 0) is 110 Å². The molecule has 0 unspecified atom stereocenters. The maximum absolute atomic E-state index is 11.4. The molecular weight excluding hydrogens is 504 g/mol. The van der Waals surface area contributed by atoms with E-state index in [1.807, 2.05) is 0 Å². The molecule has 4 saturated carbocycles. The van der Waals surface area contributed by atoms with Crippen molar-refractivity contribution in [2.75, 3.05) is 0 Å². The molecule has 0 aliphatic heterocycles. The number of aliphatic hydroxyl groups excluding tert-OH is 3. The SMILES string of the molecule is C=C1/C(=C\C=C2/CCC[C@]3(C)[C@@H]([C@H](C)/C=C/[C@@H](O)C4(c5ccc(CCCCC)cc5)CC4)CC[C@@H]23)C[C@@H](O)C[C@@H]1O. The van der Waals surface area contributed by atoms with E-state index in [0.29, 0.717) is 30.6 Å². The maximum atomic E-state index is 11.4. The zero-order chi connectivity index (χ0) is 29.2. The lowest BCUT2D eigenvalue weighted by Gasteiger charge is -2.44. The van der Waals surface area contributed by atoms with E-state index in [4.69, 9.17) is 0 Å². The van der Waals surface area contributed by atoms with Crippen LogP contribution in [0.5, 0.6) is 0 Å². The van der Waals surface area contributed by atoms with Crippen LogP contribution in [0.2, 0.25) is 0 Å². The Bertz CT molecular complexity index is 1150. The van der Waals surface area contributed by atoms with Gasteiger partial charge in [0.2, 0.25) is 0 Å². The molecule has 4 fully saturated rings. The molecule has 3 N–H and O–H groups in total. The Kier molecular flexibility index (Phi) is 9.48. The van der Waals surface area contributed by atoms with Gasteiger partial charge in [-0.2, -0.15) is 0 Å². The van der Waals surface area contributed by atoms with Gasteiger partial charge in [-0.1, -0.05) is 94.3 Å². The Balaban J connectivity index is 1.24. The highest BCUT2D eigenvalue weighted by molar-refractivity contribution is 5.39. The predicted octanol–water partition coefficient (Wildman–Crippen LogP) is 8.15. The first-order valence-corrected chi connectivity index (χ1v) is 16.6. The van der Waals surface area contributed by atoms with Crippen molar-refractivity contribution in [1.82, 2.24) is 0 Å². The Morgan fingerprint density at radius 2 is 1.78 bits per heavy atom. The average Bonchev–Trinajstić information content (AvgIpc) is 3.69. The van der Waals surface area contributed by atoms with E-state index < -0.39 is 18.3 Å². The van der Waals surface area contributed by atoms with Crippen molar-refractivity contribution in [2.45, 2.75) is 128 Å². The van der Waals surface area contributed by atoms with E-state index in [9.17, 15) is 15.3 Å². The third-order valence-corrected chi connectivity index (χ3v) is 11.5. The van der Waals surface area contributed by atoms with Crippen LogP contribution >= 0.6 is 0 Å². The predicted molar refractivity (Wildman–Crippen MR) is 170 cm³/mol. The summed E-state index contributed by atoms with van der Waals surface area (Å²) in [5.41, 5.74) is 6.17. The normalized spacial score (nSPS) is 34.7. The molecule has 5 rings (SSSR count). The van der Waals surface area contributed by atoms with Gasteiger partial charge < -0.3 is 15.3 Å². The Morgan fingerprint density at radius 3 is 2.49 bits per heavy atom. The van der Waals surface area contributed by atoms with Crippen LogP contribution in [-0.4, -0.2) is 33.6 Å². The fraction of sp³-hybridized carbons (Fsp3) is 0.632. The van der Waals surface area contributed by atoms with Crippen LogP contribution in [0, 0.1) is 23.2 Å². The molecule has 0 heterocycles. The second kappa shape index (κ2) is 12.7. The van der Waals surface area contributed by atoms with E-state index in [1.54, 1.807) is 0 Å². The highest BCUT2D eigenvalue weighted by Crippen LogP contribution is 2.60. The van der Waals surface area contributed by atoms with Crippen LogP contribution < -0.4 is 0 Å². The van der Waals surface area contributed by atoms with Crippen molar-refractivity contribution in [3.8, 4) is 0 Å². The highest BCUT2D eigenvalue weighted by atomic mass is 16.3. The highest BCUT2D eigenvalue weighted by Gasteiger charge is 2.51. The summed E-state index contributed by atoms with van der Waals surface area (Å²) < 4.78 is 0. The van der Waals surface area contributed by atoms with Gasteiger partial charge in [0.25, 0.3) is 0 Å². The van der Waals surface area contributed by atoms with Crippen molar-refractivity contribution in [3.05, 3.63) is 83.0 Å². The fourth-order valence-corrected chi connectivity index (χ4v) is 8.68. The molecule has 0 radical (unpaired) electrons. The molecule has 0 aromatic heterocycles. The van der Waals surface area contributed by atoms with Gasteiger partial charge in [0, 0.05) is 11.8 Å². The number of hydrogen-bond acceptors (Lipinski definition) is 3. The molecule has 224 valence electrons. The molecule has 41 heavy (non-hydrogen) atoms. The minimum atomic E-state index is -0.636. The molecule has 1 aromatic carbocycles. The number of aliphatic hydroxyl groups is 3. The van der Waals surface area contributed by atoms with Crippen molar-refractivity contribution >= 4 is 0 Å². The molecule has 0 bridgehead atoms. The first-order chi connectivity index (χ1) is 19.7. The Hall–Kier alpha value is -1.94. The maximum Gasteiger partial charge on any atom is 0.0817 e. The molecule has 4 aliphatic rings. The molecule has 3 heteroatoms. The summed E-state index contributed by atoms with van der Waals surface area (Å²) in [6, 6.07) is 9.10. The van der Waals surface area contributed by atoms with Crippen LogP contribution in [0.3, 0.4) is 0 Å². The largest absolute Gasteiger partial charge is 0.393 e. The fourth-order valence-electron chi connectivity index (χ4n) is 8.68. The van der Waals surface area contributed by atoms with Gasteiger partial charge in [-0.3, -0.25) is 0 Å². The summed E-state index contributed by atoms with van der Waals surface area (Å²) in [7, 11) is 0. The number of hydrogen-bond donors (Lipinski definition) is 3. The smallest absolute Gasteiger partial charge is 0.0817 e. The number of benzene rings is 1. The molecule has 4 aliphatic carbocycles. The number of unbranched alkanes of at least 4 members (excludes halogenated alkanes) is 2. The van der Waals surface area contributed by atoms with Crippen LogP contribution in [0.15, 0.2) is 71.9 Å².